The SMILES string of the molecule is CN1CCC[C@H]1C(=O)N1CC=C(c2cc3c(-c4cnc(C5(O)COC5)s4)c(Cl)cnc3[nH]2)CC1. The molecule has 3 aliphatic rings. The monoisotopic (exact) mass is 499 g/mol. The molecule has 6 heterocycles. The summed E-state index contributed by atoms with van der Waals surface area (Å²) < 4.78 is 5.17. The fourth-order valence-electron chi connectivity index (χ4n) is 5.04. The van der Waals surface area contributed by atoms with Crippen LogP contribution in [-0.2, 0) is 15.1 Å². The number of carbonyl (C=O) groups is 1. The van der Waals surface area contributed by atoms with E-state index in [4.69, 9.17) is 16.3 Å². The van der Waals surface area contributed by atoms with Gasteiger partial charge in [-0.3, -0.25) is 9.69 Å². The first-order valence-corrected chi connectivity index (χ1v) is 12.7. The van der Waals surface area contributed by atoms with E-state index >= 15 is 0 Å². The standard InChI is InChI=1S/C24H26ClN5O3S/c1-29-6-2-3-18(29)22(31)30-7-4-14(5-8-30)17-9-15-20(16(25)10-26-21(15)28-17)19-11-27-23(34-19)24(32)12-33-13-24/h4,9-11,18,32H,2-3,5-8,12-13H2,1H3,(H,26,28)/t18-/m0/s1. The number of pyridine rings is 1. The summed E-state index contributed by atoms with van der Waals surface area (Å²) in [5, 5.41) is 12.7. The van der Waals surface area contributed by atoms with Gasteiger partial charge in [0.25, 0.3) is 0 Å². The zero-order valence-corrected chi connectivity index (χ0v) is 20.5. The molecule has 2 N–H and O–H groups in total. The molecule has 3 aliphatic heterocycles. The third kappa shape index (κ3) is 3.67. The Hall–Kier alpha value is -2.30. The first-order valence-electron chi connectivity index (χ1n) is 11.6. The number of amides is 1. The average Bonchev–Trinajstić information content (AvgIpc) is 3.57. The summed E-state index contributed by atoms with van der Waals surface area (Å²) in [6.45, 7) is 2.85. The highest BCUT2D eigenvalue weighted by molar-refractivity contribution is 7.15. The van der Waals surface area contributed by atoms with Gasteiger partial charge in [-0.15, -0.1) is 11.3 Å². The number of H-pyrrole nitrogens is 1. The van der Waals surface area contributed by atoms with E-state index in [1.54, 1.807) is 12.4 Å². The first kappa shape index (κ1) is 22.2. The zero-order valence-electron chi connectivity index (χ0n) is 18.9. The summed E-state index contributed by atoms with van der Waals surface area (Å²) in [4.78, 5) is 30.3. The quantitative estimate of drug-likeness (QED) is 0.572. The third-order valence-electron chi connectivity index (χ3n) is 7.12. The molecule has 0 unspecified atom stereocenters. The minimum Gasteiger partial charge on any atom is -0.378 e. The molecule has 10 heteroatoms. The van der Waals surface area contributed by atoms with Crippen molar-refractivity contribution in [2.75, 3.05) is 39.9 Å². The summed E-state index contributed by atoms with van der Waals surface area (Å²) in [6.07, 6.45) is 8.36. The fourth-order valence-corrected chi connectivity index (χ4v) is 6.40. The number of carbonyl (C=O) groups excluding carboxylic acids is 1. The van der Waals surface area contributed by atoms with Crippen LogP contribution in [0.2, 0.25) is 5.02 Å². The molecule has 0 radical (unpaired) electrons. The van der Waals surface area contributed by atoms with Gasteiger partial charge in [-0.25, -0.2) is 9.97 Å². The van der Waals surface area contributed by atoms with Crippen molar-refractivity contribution in [2.45, 2.75) is 30.9 Å². The van der Waals surface area contributed by atoms with Crippen molar-refractivity contribution < 1.29 is 14.6 Å². The Balaban J connectivity index is 1.27. The molecule has 0 aliphatic carbocycles. The second-order valence-corrected chi connectivity index (χ2v) is 10.8. The van der Waals surface area contributed by atoms with Gasteiger partial charge in [-0.05, 0) is 44.5 Å². The minimum absolute atomic E-state index is 0.0192. The number of hydrogen-bond donors (Lipinski definition) is 2. The van der Waals surface area contributed by atoms with E-state index in [1.165, 1.54) is 16.9 Å². The summed E-state index contributed by atoms with van der Waals surface area (Å²) in [5.74, 6) is 0.238. The fraction of sp³-hybridized carbons (Fsp3) is 0.458. The Morgan fingerprint density at radius 1 is 1.32 bits per heavy atom. The average molecular weight is 500 g/mol. The zero-order chi connectivity index (χ0) is 23.4. The van der Waals surface area contributed by atoms with E-state index in [9.17, 15) is 9.90 Å². The second-order valence-electron chi connectivity index (χ2n) is 9.38. The third-order valence-corrected chi connectivity index (χ3v) is 8.61. The lowest BCUT2D eigenvalue weighted by Crippen LogP contribution is -2.46. The number of aromatic amines is 1. The summed E-state index contributed by atoms with van der Waals surface area (Å²) in [5.41, 5.74) is 2.77. The Labute approximate surface area is 206 Å². The number of rotatable bonds is 4. The van der Waals surface area contributed by atoms with Gasteiger partial charge >= 0.3 is 0 Å². The predicted octanol–water partition coefficient (Wildman–Crippen LogP) is 3.27. The molecule has 1 atom stereocenters. The molecule has 178 valence electrons. The molecular weight excluding hydrogens is 474 g/mol. The highest BCUT2D eigenvalue weighted by Gasteiger charge is 2.41. The van der Waals surface area contributed by atoms with Crippen molar-refractivity contribution in [3.05, 3.63) is 40.3 Å². The number of hydrogen-bond acceptors (Lipinski definition) is 7. The summed E-state index contributed by atoms with van der Waals surface area (Å²) in [6, 6.07) is 2.10. The summed E-state index contributed by atoms with van der Waals surface area (Å²) in [7, 11) is 2.04. The lowest BCUT2D eigenvalue weighted by molar-refractivity contribution is -0.184. The van der Waals surface area contributed by atoms with E-state index in [2.05, 4.69) is 32.0 Å². The van der Waals surface area contributed by atoms with Gasteiger partial charge in [0.2, 0.25) is 5.91 Å². The number of likely N-dealkylation sites (N-methyl/N-ethyl adjacent to an activating group) is 1. The van der Waals surface area contributed by atoms with E-state index in [0.717, 1.165) is 53.0 Å². The van der Waals surface area contributed by atoms with Gasteiger partial charge in [0.05, 0.1) is 29.2 Å². The van der Waals surface area contributed by atoms with Crippen LogP contribution in [0.4, 0.5) is 0 Å². The number of thiazole rings is 1. The Kier molecular flexibility index (Phi) is 5.50. The van der Waals surface area contributed by atoms with Gasteiger partial charge in [-0.2, -0.15) is 0 Å². The molecule has 0 spiro atoms. The van der Waals surface area contributed by atoms with E-state index < -0.39 is 5.60 Å². The Bertz CT molecular complexity index is 1300. The van der Waals surface area contributed by atoms with Gasteiger partial charge in [0.1, 0.15) is 10.7 Å². The van der Waals surface area contributed by atoms with E-state index in [-0.39, 0.29) is 25.2 Å². The molecule has 2 saturated heterocycles. The minimum atomic E-state index is -1.01. The number of nitrogens with one attached hydrogen (secondary N) is 1. The molecular formula is C24H26ClN5O3S. The number of nitrogens with zero attached hydrogens (tertiary/aromatic N) is 4. The smallest absolute Gasteiger partial charge is 0.240 e. The van der Waals surface area contributed by atoms with Crippen LogP contribution in [0.3, 0.4) is 0 Å². The van der Waals surface area contributed by atoms with Gasteiger partial charge in [0, 0.05) is 42.1 Å². The number of ether oxygens (including phenoxy) is 1. The molecule has 3 aromatic rings. The van der Waals surface area contributed by atoms with Crippen LogP contribution in [0, 0.1) is 0 Å². The van der Waals surface area contributed by atoms with Crippen LogP contribution >= 0.6 is 22.9 Å². The molecule has 2 fully saturated rings. The normalized spacial score (nSPS) is 22.7. The highest BCUT2D eigenvalue weighted by Crippen LogP contribution is 2.41. The summed E-state index contributed by atoms with van der Waals surface area (Å²) >= 11 is 8.01. The van der Waals surface area contributed by atoms with Crippen molar-refractivity contribution in [1.82, 2.24) is 24.8 Å². The van der Waals surface area contributed by atoms with Crippen molar-refractivity contribution >= 4 is 45.5 Å². The second kappa shape index (κ2) is 8.42. The van der Waals surface area contributed by atoms with E-state index in [0.29, 0.717) is 23.1 Å². The molecule has 0 bridgehead atoms. The number of fused-ring (bicyclic) bond motifs is 1. The number of halogens is 1. The lowest BCUT2D eigenvalue weighted by Gasteiger charge is -2.34. The van der Waals surface area contributed by atoms with Gasteiger partial charge in [-0.1, -0.05) is 17.7 Å². The largest absolute Gasteiger partial charge is 0.378 e. The Morgan fingerprint density at radius 2 is 2.18 bits per heavy atom. The molecule has 0 aromatic carbocycles. The van der Waals surface area contributed by atoms with Crippen LogP contribution in [-0.4, -0.2) is 81.7 Å². The molecule has 34 heavy (non-hydrogen) atoms. The van der Waals surface area contributed by atoms with Crippen LogP contribution in [0.1, 0.15) is 30.0 Å². The maximum absolute atomic E-state index is 12.9. The first-order chi connectivity index (χ1) is 16.4. The maximum Gasteiger partial charge on any atom is 0.240 e. The number of likely N-dealkylation sites (tertiary alicyclic amines) is 1. The van der Waals surface area contributed by atoms with Crippen molar-refractivity contribution in [1.29, 1.82) is 0 Å². The molecule has 8 nitrogen and oxygen atoms in total. The van der Waals surface area contributed by atoms with Crippen LogP contribution in [0.15, 0.2) is 24.5 Å². The topological polar surface area (TPSA) is 94.6 Å². The lowest BCUT2D eigenvalue weighted by atomic mass is 10.0. The van der Waals surface area contributed by atoms with Gasteiger partial charge in [0.15, 0.2) is 5.60 Å². The predicted molar refractivity (Wildman–Crippen MR) is 132 cm³/mol. The highest BCUT2D eigenvalue weighted by atomic mass is 35.5. The molecule has 1 amide bonds. The van der Waals surface area contributed by atoms with Crippen molar-refractivity contribution in [3.8, 4) is 10.4 Å². The Morgan fingerprint density at radius 3 is 2.85 bits per heavy atom. The van der Waals surface area contributed by atoms with Crippen LogP contribution < -0.4 is 0 Å². The molecule has 3 aromatic heterocycles. The number of aromatic nitrogens is 3. The van der Waals surface area contributed by atoms with Crippen LogP contribution in [0.25, 0.3) is 27.0 Å². The molecule has 6 rings (SSSR count). The van der Waals surface area contributed by atoms with E-state index in [1.807, 2.05) is 11.9 Å². The van der Waals surface area contributed by atoms with Gasteiger partial charge < -0.3 is 19.7 Å². The molecule has 0 saturated carbocycles. The van der Waals surface area contributed by atoms with Crippen LogP contribution in [0.5, 0.6) is 0 Å². The van der Waals surface area contributed by atoms with Crippen molar-refractivity contribution in [3.63, 3.8) is 0 Å². The maximum atomic E-state index is 12.9. The number of aliphatic hydroxyl groups is 1. The van der Waals surface area contributed by atoms with Crippen molar-refractivity contribution in [2.24, 2.45) is 0 Å².